The van der Waals surface area contributed by atoms with Crippen LogP contribution in [0.4, 0.5) is 18.9 Å². The molecule has 0 aliphatic carbocycles. The number of aromatic nitrogens is 2. The highest BCUT2D eigenvalue weighted by Gasteiger charge is 2.12. The quantitative estimate of drug-likeness (QED) is 0.773. The lowest BCUT2D eigenvalue weighted by Gasteiger charge is -2.03. The minimum absolute atomic E-state index is 0.00886. The Morgan fingerprint density at radius 1 is 0.913 bits per heavy atom. The maximum absolute atomic E-state index is 13.1. The van der Waals surface area contributed by atoms with E-state index in [4.69, 9.17) is 0 Å². The molecule has 116 valence electrons. The van der Waals surface area contributed by atoms with Crippen molar-refractivity contribution in [1.82, 2.24) is 10.2 Å². The number of carbonyl (C=O) groups is 1. The van der Waals surface area contributed by atoms with Crippen molar-refractivity contribution in [2.75, 3.05) is 5.32 Å². The molecule has 0 fully saturated rings. The molecule has 2 aromatic carbocycles. The highest BCUT2D eigenvalue weighted by atomic mass is 19.1. The summed E-state index contributed by atoms with van der Waals surface area (Å²) in [6, 6.07) is 9.76. The molecule has 0 unspecified atom stereocenters. The van der Waals surface area contributed by atoms with Crippen molar-refractivity contribution in [3.05, 3.63) is 71.7 Å². The number of anilines is 1. The number of rotatable bonds is 3. The van der Waals surface area contributed by atoms with E-state index in [2.05, 4.69) is 15.5 Å². The van der Waals surface area contributed by atoms with Crippen LogP contribution >= 0.6 is 0 Å². The van der Waals surface area contributed by atoms with E-state index in [1.54, 1.807) is 0 Å². The molecule has 4 nitrogen and oxygen atoms in total. The van der Waals surface area contributed by atoms with Gasteiger partial charge in [0.1, 0.15) is 23.1 Å². The van der Waals surface area contributed by atoms with Crippen molar-refractivity contribution in [3.63, 3.8) is 0 Å². The maximum Gasteiger partial charge on any atom is 0.273 e. The number of nitrogens with zero attached hydrogens (tertiary/aromatic N) is 1. The summed E-state index contributed by atoms with van der Waals surface area (Å²) in [4.78, 5) is 12.0. The molecule has 1 amide bonds. The van der Waals surface area contributed by atoms with Gasteiger partial charge in [0.15, 0.2) is 0 Å². The average Bonchev–Trinajstić information content (AvgIpc) is 2.97. The Morgan fingerprint density at radius 2 is 1.57 bits per heavy atom. The Morgan fingerprint density at radius 3 is 2.22 bits per heavy atom. The van der Waals surface area contributed by atoms with E-state index in [9.17, 15) is 18.0 Å². The maximum atomic E-state index is 13.1. The molecule has 23 heavy (non-hydrogen) atoms. The molecule has 0 saturated carbocycles. The second kappa shape index (κ2) is 5.96. The van der Waals surface area contributed by atoms with Gasteiger partial charge in [-0.3, -0.25) is 9.89 Å². The SMILES string of the molecule is O=C(Nc1cc(F)cc(F)c1)c1cc(-c2ccc(F)cc2)n[nH]1. The first-order valence-electron chi connectivity index (χ1n) is 6.60. The number of halogens is 3. The van der Waals surface area contributed by atoms with Crippen LogP contribution in [0, 0.1) is 17.5 Å². The van der Waals surface area contributed by atoms with Gasteiger partial charge >= 0.3 is 0 Å². The van der Waals surface area contributed by atoms with Crippen LogP contribution in [-0.2, 0) is 0 Å². The molecule has 7 heteroatoms. The molecule has 0 spiro atoms. The summed E-state index contributed by atoms with van der Waals surface area (Å²) < 4.78 is 39.1. The van der Waals surface area contributed by atoms with Gasteiger partial charge in [0.2, 0.25) is 0 Å². The molecule has 0 bridgehead atoms. The smallest absolute Gasteiger partial charge is 0.273 e. The predicted molar refractivity (Wildman–Crippen MR) is 78.3 cm³/mol. The van der Waals surface area contributed by atoms with Crippen LogP contribution in [0.25, 0.3) is 11.3 Å². The van der Waals surface area contributed by atoms with Crippen molar-refractivity contribution in [3.8, 4) is 11.3 Å². The molecule has 2 N–H and O–H groups in total. The van der Waals surface area contributed by atoms with Crippen molar-refractivity contribution < 1.29 is 18.0 Å². The van der Waals surface area contributed by atoms with Crippen molar-refractivity contribution in [1.29, 1.82) is 0 Å². The Bertz CT molecular complexity index is 839. The summed E-state index contributed by atoms with van der Waals surface area (Å²) in [6.07, 6.45) is 0. The number of amides is 1. The zero-order chi connectivity index (χ0) is 16.4. The number of benzene rings is 2. The number of nitrogens with one attached hydrogen (secondary N) is 2. The normalized spacial score (nSPS) is 10.6. The van der Waals surface area contributed by atoms with Crippen molar-refractivity contribution in [2.24, 2.45) is 0 Å². The summed E-state index contributed by atoms with van der Waals surface area (Å²) in [5.74, 6) is -2.57. The molecular formula is C16H10F3N3O. The van der Waals surface area contributed by atoms with Crippen LogP contribution in [0.1, 0.15) is 10.5 Å². The molecule has 0 aliphatic rings. The second-order valence-electron chi connectivity index (χ2n) is 4.79. The van der Waals surface area contributed by atoms with Gasteiger partial charge < -0.3 is 5.32 Å². The Hall–Kier alpha value is -3.09. The number of hydrogen-bond donors (Lipinski definition) is 2. The minimum Gasteiger partial charge on any atom is -0.320 e. The molecule has 3 aromatic rings. The van der Waals surface area contributed by atoms with E-state index in [1.165, 1.54) is 30.3 Å². The number of hydrogen-bond acceptors (Lipinski definition) is 2. The fraction of sp³-hybridized carbons (Fsp3) is 0. The van der Waals surface area contributed by atoms with E-state index in [0.29, 0.717) is 17.3 Å². The Labute approximate surface area is 129 Å². The third kappa shape index (κ3) is 3.39. The molecule has 3 rings (SSSR count). The molecule has 1 heterocycles. The van der Waals surface area contributed by atoms with Crippen LogP contribution in [0.3, 0.4) is 0 Å². The largest absolute Gasteiger partial charge is 0.320 e. The highest BCUT2D eigenvalue weighted by molar-refractivity contribution is 6.03. The van der Waals surface area contributed by atoms with Gasteiger partial charge in [-0.15, -0.1) is 0 Å². The van der Waals surface area contributed by atoms with Gasteiger partial charge in [-0.2, -0.15) is 5.10 Å². The van der Waals surface area contributed by atoms with Crippen LogP contribution in [-0.4, -0.2) is 16.1 Å². The molecule has 0 aliphatic heterocycles. The summed E-state index contributed by atoms with van der Waals surface area (Å²) in [5.41, 5.74) is 1.17. The van der Waals surface area contributed by atoms with Crippen LogP contribution in [0.2, 0.25) is 0 Å². The molecule has 0 saturated heterocycles. The van der Waals surface area contributed by atoms with E-state index >= 15 is 0 Å². The third-order valence-electron chi connectivity index (χ3n) is 3.08. The molecule has 1 aromatic heterocycles. The van der Waals surface area contributed by atoms with Crippen molar-refractivity contribution in [2.45, 2.75) is 0 Å². The fourth-order valence-electron chi connectivity index (χ4n) is 2.03. The van der Waals surface area contributed by atoms with E-state index in [0.717, 1.165) is 12.1 Å². The average molecular weight is 317 g/mol. The zero-order valence-electron chi connectivity index (χ0n) is 11.6. The monoisotopic (exact) mass is 317 g/mol. The van der Waals surface area contributed by atoms with Crippen LogP contribution in [0.5, 0.6) is 0 Å². The van der Waals surface area contributed by atoms with E-state index < -0.39 is 17.5 Å². The van der Waals surface area contributed by atoms with E-state index in [1.807, 2.05) is 0 Å². The van der Waals surface area contributed by atoms with Crippen molar-refractivity contribution >= 4 is 11.6 Å². The van der Waals surface area contributed by atoms with Gasteiger partial charge in [-0.05, 0) is 42.5 Å². The van der Waals surface area contributed by atoms with Gasteiger partial charge in [-0.1, -0.05) is 0 Å². The molecule has 0 atom stereocenters. The lowest BCUT2D eigenvalue weighted by Crippen LogP contribution is -2.12. The van der Waals surface area contributed by atoms with Crippen LogP contribution < -0.4 is 5.32 Å². The highest BCUT2D eigenvalue weighted by Crippen LogP contribution is 2.19. The molecular weight excluding hydrogens is 307 g/mol. The van der Waals surface area contributed by atoms with Gasteiger partial charge in [-0.25, -0.2) is 13.2 Å². The van der Waals surface area contributed by atoms with Gasteiger partial charge in [0.05, 0.1) is 5.69 Å². The topological polar surface area (TPSA) is 57.8 Å². The van der Waals surface area contributed by atoms with Gasteiger partial charge in [0.25, 0.3) is 5.91 Å². The fourth-order valence-corrected chi connectivity index (χ4v) is 2.03. The predicted octanol–water partition coefficient (Wildman–Crippen LogP) is 3.75. The van der Waals surface area contributed by atoms with Gasteiger partial charge in [0, 0.05) is 17.3 Å². The number of carbonyl (C=O) groups excluding carboxylic acids is 1. The minimum atomic E-state index is -0.795. The summed E-state index contributed by atoms with van der Waals surface area (Å²) in [5, 5.41) is 8.85. The van der Waals surface area contributed by atoms with E-state index in [-0.39, 0.29) is 17.2 Å². The third-order valence-corrected chi connectivity index (χ3v) is 3.08. The first-order chi connectivity index (χ1) is 11.0. The first kappa shape index (κ1) is 14.8. The Kier molecular flexibility index (Phi) is 3.84. The molecule has 0 radical (unpaired) electrons. The second-order valence-corrected chi connectivity index (χ2v) is 4.79. The summed E-state index contributed by atoms with van der Waals surface area (Å²) in [7, 11) is 0. The first-order valence-corrected chi connectivity index (χ1v) is 6.60. The zero-order valence-corrected chi connectivity index (χ0v) is 11.6. The number of aromatic amines is 1. The standard InChI is InChI=1S/C16H10F3N3O/c17-10-3-1-9(2-4-10)14-8-15(22-21-14)16(23)20-13-6-11(18)5-12(19)7-13/h1-8H,(H,20,23)(H,21,22). The lowest BCUT2D eigenvalue weighted by atomic mass is 10.1. The lowest BCUT2D eigenvalue weighted by molar-refractivity contribution is 0.102. The van der Waals surface area contributed by atoms with Crippen LogP contribution in [0.15, 0.2) is 48.5 Å². The Balaban J connectivity index is 1.79. The summed E-state index contributed by atoms with van der Waals surface area (Å²) >= 11 is 0. The summed E-state index contributed by atoms with van der Waals surface area (Å²) in [6.45, 7) is 0. The number of H-pyrrole nitrogens is 1.